The topological polar surface area (TPSA) is 90.5 Å². The van der Waals surface area contributed by atoms with Crippen LogP contribution in [0.2, 0.25) is 0 Å². The van der Waals surface area contributed by atoms with Gasteiger partial charge in [-0.15, -0.1) is 0 Å². The van der Waals surface area contributed by atoms with Gasteiger partial charge in [0.05, 0.1) is 0 Å². The summed E-state index contributed by atoms with van der Waals surface area (Å²) in [4.78, 5) is 36.9. The maximum atomic E-state index is 12.4. The zero-order valence-electron chi connectivity index (χ0n) is 14.4. The number of anilines is 2. The molecule has 2 aromatic rings. The van der Waals surface area contributed by atoms with Crippen molar-refractivity contribution in [1.29, 1.82) is 0 Å². The highest BCUT2D eigenvalue weighted by molar-refractivity contribution is 5.98. The second kappa shape index (κ2) is 7.69. The van der Waals surface area contributed by atoms with Crippen molar-refractivity contribution in [2.45, 2.75) is 13.5 Å². The zero-order valence-corrected chi connectivity index (χ0v) is 14.4. The van der Waals surface area contributed by atoms with Crippen LogP contribution in [0, 0.1) is 0 Å². The van der Waals surface area contributed by atoms with Gasteiger partial charge in [0, 0.05) is 43.5 Å². The van der Waals surface area contributed by atoms with Gasteiger partial charge in [0.1, 0.15) is 0 Å². The summed E-state index contributed by atoms with van der Waals surface area (Å²) in [5.41, 5.74) is 2.74. The molecule has 0 bridgehead atoms. The fraction of sp³-hybridized carbons (Fsp3) is 0.211. The first-order valence-corrected chi connectivity index (χ1v) is 8.33. The molecule has 3 N–H and O–H groups in total. The van der Waals surface area contributed by atoms with E-state index < -0.39 is 0 Å². The third-order valence-corrected chi connectivity index (χ3v) is 3.98. The van der Waals surface area contributed by atoms with E-state index in [4.69, 9.17) is 0 Å². The van der Waals surface area contributed by atoms with Crippen LogP contribution in [-0.4, -0.2) is 30.9 Å². The first-order chi connectivity index (χ1) is 12.5. The van der Waals surface area contributed by atoms with Crippen molar-refractivity contribution in [2.24, 2.45) is 0 Å². The maximum absolute atomic E-state index is 12.4. The van der Waals surface area contributed by atoms with Gasteiger partial charge in [0.15, 0.2) is 0 Å². The molecule has 0 radical (unpaired) electrons. The molecule has 0 spiro atoms. The molecule has 0 saturated carbocycles. The summed E-state index contributed by atoms with van der Waals surface area (Å²) in [7, 11) is 0. The molecule has 1 fully saturated rings. The number of rotatable bonds is 5. The Kier molecular flexibility index (Phi) is 5.17. The fourth-order valence-electron chi connectivity index (χ4n) is 2.78. The molecule has 1 heterocycles. The lowest BCUT2D eigenvalue weighted by Crippen LogP contribution is -2.28. The minimum Gasteiger partial charge on any atom is -0.348 e. The highest BCUT2D eigenvalue weighted by atomic mass is 16.2. The van der Waals surface area contributed by atoms with Crippen LogP contribution < -0.4 is 20.9 Å². The van der Waals surface area contributed by atoms with E-state index in [0.717, 1.165) is 5.56 Å². The smallest absolute Gasteiger partial charge is 0.321 e. The van der Waals surface area contributed by atoms with E-state index in [1.54, 1.807) is 35.2 Å². The van der Waals surface area contributed by atoms with Crippen LogP contribution in [-0.2, 0) is 11.3 Å². The van der Waals surface area contributed by atoms with Gasteiger partial charge < -0.3 is 16.0 Å². The molecule has 134 valence electrons. The third kappa shape index (κ3) is 4.18. The highest BCUT2D eigenvalue weighted by Gasteiger charge is 2.21. The molecule has 7 heteroatoms. The molecular formula is C19H20N4O3. The van der Waals surface area contributed by atoms with Crippen LogP contribution >= 0.6 is 0 Å². The zero-order chi connectivity index (χ0) is 18.5. The summed E-state index contributed by atoms with van der Waals surface area (Å²) >= 11 is 0. The normalized spacial score (nSPS) is 13.3. The van der Waals surface area contributed by atoms with E-state index in [9.17, 15) is 14.4 Å². The van der Waals surface area contributed by atoms with Gasteiger partial charge in [0.25, 0.3) is 5.91 Å². The Hall–Kier alpha value is -3.35. The average molecular weight is 352 g/mol. The van der Waals surface area contributed by atoms with Gasteiger partial charge in [-0.25, -0.2) is 4.79 Å². The predicted octanol–water partition coefficient (Wildman–Crippen LogP) is 2.10. The Bertz CT molecular complexity index is 850. The average Bonchev–Trinajstić information content (AvgIpc) is 3.05. The van der Waals surface area contributed by atoms with Gasteiger partial charge in [0.2, 0.25) is 5.91 Å². The van der Waals surface area contributed by atoms with Crippen LogP contribution in [0.1, 0.15) is 22.8 Å². The molecule has 1 aliphatic heterocycles. The second-order valence-electron chi connectivity index (χ2n) is 6.00. The lowest BCUT2D eigenvalue weighted by molar-refractivity contribution is -0.114. The number of benzene rings is 2. The number of hydrogen-bond donors (Lipinski definition) is 3. The summed E-state index contributed by atoms with van der Waals surface area (Å²) in [5, 5.41) is 8.31. The third-order valence-electron chi connectivity index (χ3n) is 3.98. The fourth-order valence-corrected chi connectivity index (χ4v) is 2.78. The van der Waals surface area contributed by atoms with Crippen molar-refractivity contribution in [3.8, 4) is 0 Å². The lowest BCUT2D eigenvalue weighted by atomic mass is 10.1. The van der Waals surface area contributed by atoms with Crippen molar-refractivity contribution in [2.75, 3.05) is 23.3 Å². The number of nitrogens with one attached hydrogen (secondary N) is 3. The maximum Gasteiger partial charge on any atom is 0.321 e. The number of amides is 4. The van der Waals surface area contributed by atoms with Crippen LogP contribution in [0.25, 0.3) is 0 Å². The standard InChI is InChI=1S/C19H20N4O3/c1-13(24)22-16-6-2-4-14(10-16)12-21-18(25)15-5-3-7-17(11-15)23-9-8-20-19(23)26/h2-7,10-11H,8-9,12H2,1H3,(H,20,26)(H,21,25)(H,22,24). The Labute approximate surface area is 151 Å². The van der Waals surface area contributed by atoms with E-state index in [-0.39, 0.29) is 17.8 Å². The van der Waals surface area contributed by atoms with Crippen molar-refractivity contribution in [3.05, 3.63) is 59.7 Å². The minimum atomic E-state index is -0.226. The number of urea groups is 1. The first-order valence-electron chi connectivity index (χ1n) is 8.33. The van der Waals surface area contributed by atoms with Gasteiger partial charge >= 0.3 is 6.03 Å². The second-order valence-corrected chi connectivity index (χ2v) is 6.00. The van der Waals surface area contributed by atoms with E-state index in [0.29, 0.717) is 36.6 Å². The van der Waals surface area contributed by atoms with E-state index in [1.165, 1.54) is 6.92 Å². The molecule has 1 aliphatic rings. The molecule has 3 rings (SSSR count). The van der Waals surface area contributed by atoms with E-state index >= 15 is 0 Å². The van der Waals surface area contributed by atoms with Gasteiger partial charge in [-0.1, -0.05) is 18.2 Å². The Morgan fingerprint density at radius 2 is 1.96 bits per heavy atom. The molecule has 2 aromatic carbocycles. The lowest BCUT2D eigenvalue weighted by Gasteiger charge is -2.15. The molecular weight excluding hydrogens is 332 g/mol. The highest BCUT2D eigenvalue weighted by Crippen LogP contribution is 2.18. The molecule has 0 aliphatic carbocycles. The van der Waals surface area contributed by atoms with Crippen LogP contribution in [0.5, 0.6) is 0 Å². The molecule has 0 aromatic heterocycles. The molecule has 26 heavy (non-hydrogen) atoms. The Morgan fingerprint density at radius 1 is 1.15 bits per heavy atom. The molecule has 7 nitrogen and oxygen atoms in total. The quantitative estimate of drug-likeness (QED) is 0.770. The number of carbonyl (C=O) groups excluding carboxylic acids is 3. The Morgan fingerprint density at radius 3 is 2.69 bits per heavy atom. The summed E-state index contributed by atoms with van der Waals surface area (Å²) < 4.78 is 0. The largest absolute Gasteiger partial charge is 0.348 e. The number of hydrogen-bond acceptors (Lipinski definition) is 3. The number of nitrogens with zero attached hydrogens (tertiary/aromatic N) is 1. The van der Waals surface area contributed by atoms with Crippen molar-refractivity contribution >= 4 is 29.2 Å². The van der Waals surface area contributed by atoms with Crippen LogP contribution in [0.3, 0.4) is 0 Å². The summed E-state index contributed by atoms with van der Waals surface area (Å²) in [6.07, 6.45) is 0. The van der Waals surface area contributed by atoms with Crippen molar-refractivity contribution < 1.29 is 14.4 Å². The molecule has 1 saturated heterocycles. The monoisotopic (exact) mass is 352 g/mol. The summed E-state index contributed by atoms with van der Waals surface area (Å²) in [6, 6.07) is 14.1. The van der Waals surface area contributed by atoms with Gasteiger partial charge in [-0.05, 0) is 35.9 Å². The summed E-state index contributed by atoms with van der Waals surface area (Å²) in [5.74, 6) is -0.370. The van der Waals surface area contributed by atoms with Crippen LogP contribution in [0.15, 0.2) is 48.5 Å². The van der Waals surface area contributed by atoms with E-state index in [1.807, 2.05) is 18.2 Å². The first kappa shape index (κ1) is 17.5. The predicted molar refractivity (Wildman–Crippen MR) is 99.1 cm³/mol. The molecule has 0 atom stereocenters. The van der Waals surface area contributed by atoms with Crippen molar-refractivity contribution in [1.82, 2.24) is 10.6 Å². The molecule has 0 unspecified atom stereocenters. The van der Waals surface area contributed by atoms with Crippen molar-refractivity contribution in [3.63, 3.8) is 0 Å². The minimum absolute atomic E-state index is 0.144. The van der Waals surface area contributed by atoms with Crippen LogP contribution in [0.4, 0.5) is 16.2 Å². The number of carbonyl (C=O) groups is 3. The SMILES string of the molecule is CC(=O)Nc1cccc(CNC(=O)c2cccc(N3CCNC3=O)c2)c1. The van der Waals surface area contributed by atoms with E-state index in [2.05, 4.69) is 16.0 Å². The Balaban J connectivity index is 1.65. The van der Waals surface area contributed by atoms with Gasteiger partial charge in [-0.3, -0.25) is 14.5 Å². The van der Waals surface area contributed by atoms with Gasteiger partial charge in [-0.2, -0.15) is 0 Å². The molecule has 4 amide bonds. The summed E-state index contributed by atoms with van der Waals surface area (Å²) in [6.45, 7) is 2.96.